The Morgan fingerprint density at radius 2 is 1.71 bits per heavy atom. The second kappa shape index (κ2) is 7.54. The van der Waals surface area contributed by atoms with Crippen molar-refractivity contribution in [2.45, 2.75) is 34.1 Å². The summed E-state index contributed by atoms with van der Waals surface area (Å²) in [5.41, 5.74) is 0. The fourth-order valence-electron chi connectivity index (χ4n) is 0.833. The molecular weight excluding hydrogens is 175 g/mol. The molecule has 0 amide bonds. The van der Waals surface area contributed by atoms with Gasteiger partial charge in [-0.25, -0.2) is 4.39 Å². The van der Waals surface area contributed by atoms with E-state index in [1.54, 1.807) is 6.08 Å². The predicted octanol–water partition coefficient (Wildman–Crippen LogP) is 4.65. The molecule has 0 bridgehead atoms. The van der Waals surface area contributed by atoms with Crippen LogP contribution in [0.4, 0.5) is 4.39 Å². The maximum atomic E-state index is 12.9. The molecule has 1 heteroatoms. The fourth-order valence-corrected chi connectivity index (χ4v) is 0.833. The highest BCUT2D eigenvalue weighted by Crippen LogP contribution is 2.09. The van der Waals surface area contributed by atoms with Gasteiger partial charge in [0.05, 0.1) is 0 Å². The Labute approximate surface area is 87.2 Å². The van der Waals surface area contributed by atoms with Gasteiger partial charge in [-0.3, -0.25) is 0 Å². The largest absolute Gasteiger partial charge is 0.212 e. The zero-order valence-corrected chi connectivity index (χ0v) is 9.63. The molecule has 0 aliphatic heterocycles. The molecule has 0 aliphatic carbocycles. The molecule has 0 aliphatic rings. The Balaban J connectivity index is 3.84. The van der Waals surface area contributed by atoms with Crippen LogP contribution in [0.2, 0.25) is 0 Å². The van der Waals surface area contributed by atoms with E-state index in [0.717, 1.165) is 6.42 Å². The van der Waals surface area contributed by atoms with Gasteiger partial charge in [-0.2, -0.15) is 0 Å². The van der Waals surface area contributed by atoms with E-state index in [-0.39, 0.29) is 11.7 Å². The van der Waals surface area contributed by atoms with E-state index in [1.165, 1.54) is 6.08 Å². The number of hydrogen-bond acceptors (Lipinski definition) is 0. The molecule has 0 unspecified atom stereocenters. The summed E-state index contributed by atoms with van der Waals surface area (Å²) in [6.45, 7) is 8.03. The van der Waals surface area contributed by atoms with Crippen molar-refractivity contribution < 1.29 is 4.39 Å². The van der Waals surface area contributed by atoms with Crippen molar-refractivity contribution >= 4 is 0 Å². The van der Waals surface area contributed by atoms with Crippen LogP contribution in [0.5, 0.6) is 0 Å². The number of rotatable bonds is 5. The topological polar surface area (TPSA) is 0 Å². The first-order valence-electron chi connectivity index (χ1n) is 5.23. The van der Waals surface area contributed by atoms with Crippen LogP contribution in [0.25, 0.3) is 0 Å². The first kappa shape index (κ1) is 13.2. The zero-order valence-electron chi connectivity index (χ0n) is 9.63. The number of hydrogen-bond donors (Lipinski definition) is 0. The van der Waals surface area contributed by atoms with Gasteiger partial charge in [-0.15, -0.1) is 0 Å². The minimum Gasteiger partial charge on any atom is -0.212 e. The summed E-state index contributed by atoms with van der Waals surface area (Å²) in [4.78, 5) is 0. The molecule has 0 fully saturated rings. The maximum Gasteiger partial charge on any atom is 0.102 e. The van der Waals surface area contributed by atoms with E-state index < -0.39 is 0 Å². The monoisotopic (exact) mass is 196 g/mol. The molecule has 0 aromatic rings. The highest BCUT2D eigenvalue weighted by atomic mass is 19.1. The Kier molecular flexibility index (Phi) is 7.09. The summed E-state index contributed by atoms with van der Waals surface area (Å²) in [6, 6.07) is 0. The van der Waals surface area contributed by atoms with E-state index in [1.807, 2.05) is 26.0 Å². The minimum atomic E-state index is -0.0708. The third kappa shape index (κ3) is 7.78. The summed E-state index contributed by atoms with van der Waals surface area (Å²) < 4.78 is 12.9. The van der Waals surface area contributed by atoms with Crippen molar-refractivity contribution in [3.05, 3.63) is 36.2 Å². The highest BCUT2D eigenvalue weighted by molar-refractivity contribution is 5.14. The average Bonchev–Trinajstić information content (AvgIpc) is 2.09. The molecule has 0 rings (SSSR count). The van der Waals surface area contributed by atoms with E-state index in [4.69, 9.17) is 0 Å². The third-order valence-electron chi connectivity index (χ3n) is 1.77. The fraction of sp³-hybridized carbons (Fsp3) is 0.538. The van der Waals surface area contributed by atoms with Crippen LogP contribution < -0.4 is 0 Å². The lowest BCUT2D eigenvalue weighted by Crippen LogP contribution is -1.84. The molecule has 0 atom stereocenters. The van der Waals surface area contributed by atoms with Gasteiger partial charge in [-0.05, 0) is 18.4 Å². The Hall–Kier alpha value is -0.850. The molecule has 0 saturated heterocycles. The van der Waals surface area contributed by atoms with Gasteiger partial charge in [0.2, 0.25) is 0 Å². The van der Waals surface area contributed by atoms with Crippen LogP contribution in [0, 0.1) is 11.8 Å². The van der Waals surface area contributed by atoms with E-state index >= 15 is 0 Å². The van der Waals surface area contributed by atoms with E-state index in [9.17, 15) is 4.39 Å². The Morgan fingerprint density at radius 3 is 2.21 bits per heavy atom. The van der Waals surface area contributed by atoms with Crippen LogP contribution in [-0.2, 0) is 0 Å². The van der Waals surface area contributed by atoms with E-state index in [0.29, 0.717) is 5.92 Å². The summed E-state index contributed by atoms with van der Waals surface area (Å²) in [6.07, 6.45) is 10.3. The predicted molar refractivity (Wildman–Crippen MR) is 61.8 cm³/mol. The van der Waals surface area contributed by atoms with Crippen molar-refractivity contribution in [1.29, 1.82) is 0 Å². The normalized spacial score (nSPS) is 14.1. The molecule has 0 aromatic carbocycles. The summed E-state index contributed by atoms with van der Waals surface area (Å²) in [5, 5.41) is 0. The maximum absolute atomic E-state index is 12.9. The summed E-state index contributed by atoms with van der Waals surface area (Å²) in [7, 11) is 0. The SMILES string of the molecule is CC(C)C\C=C/C=C\C=C(\F)C(C)C. The van der Waals surface area contributed by atoms with Crippen molar-refractivity contribution in [2.75, 3.05) is 0 Å². The van der Waals surface area contributed by atoms with Gasteiger partial charge >= 0.3 is 0 Å². The van der Waals surface area contributed by atoms with Gasteiger partial charge in [0.1, 0.15) is 5.83 Å². The smallest absolute Gasteiger partial charge is 0.102 e. The lowest BCUT2D eigenvalue weighted by molar-refractivity contribution is 0.520. The van der Waals surface area contributed by atoms with Crippen LogP contribution in [0.15, 0.2) is 36.2 Å². The van der Waals surface area contributed by atoms with Crippen LogP contribution in [0.1, 0.15) is 34.1 Å². The highest BCUT2D eigenvalue weighted by Gasteiger charge is 1.97. The first-order chi connectivity index (χ1) is 6.54. The molecule has 14 heavy (non-hydrogen) atoms. The van der Waals surface area contributed by atoms with Crippen LogP contribution >= 0.6 is 0 Å². The second-order valence-corrected chi connectivity index (χ2v) is 4.15. The number of halogens is 1. The van der Waals surface area contributed by atoms with Crippen LogP contribution in [-0.4, -0.2) is 0 Å². The standard InChI is InChI=1S/C13H21F/c1-11(2)9-7-5-6-8-10-13(14)12(3)4/h5-8,10-12H,9H2,1-4H3/b7-5-,8-6-,13-10+. The molecule has 80 valence electrons. The molecule has 0 N–H and O–H groups in total. The van der Waals surface area contributed by atoms with Crippen molar-refractivity contribution in [2.24, 2.45) is 11.8 Å². The molecule has 0 aromatic heterocycles. The van der Waals surface area contributed by atoms with E-state index in [2.05, 4.69) is 19.9 Å². The van der Waals surface area contributed by atoms with Crippen molar-refractivity contribution in [1.82, 2.24) is 0 Å². The average molecular weight is 196 g/mol. The lowest BCUT2D eigenvalue weighted by Gasteiger charge is -1.96. The molecule has 0 heterocycles. The Morgan fingerprint density at radius 1 is 1.07 bits per heavy atom. The zero-order chi connectivity index (χ0) is 11.0. The number of allylic oxidation sites excluding steroid dienone is 6. The molecule has 0 nitrogen and oxygen atoms in total. The van der Waals surface area contributed by atoms with Gasteiger partial charge < -0.3 is 0 Å². The van der Waals surface area contributed by atoms with Crippen molar-refractivity contribution in [3.8, 4) is 0 Å². The van der Waals surface area contributed by atoms with Crippen LogP contribution in [0.3, 0.4) is 0 Å². The Bertz CT molecular complexity index is 219. The second-order valence-electron chi connectivity index (χ2n) is 4.15. The minimum absolute atomic E-state index is 0.0145. The van der Waals surface area contributed by atoms with Crippen molar-refractivity contribution in [3.63, 3.8) is 0 Å². The summed E-state index contributed by atoms with van der Waals surface area (Å²) >= 11 is 0. The van der Waals surface area contributed by atoms with Gasteiger partial charge in [-0.1, -0.05) is 52.0 Å². The molecule has 0 saturated carbocycles. The van der Waals surface area contributed by atoms with Gasteiger partial charge in [0, 0.05) is 5.92 Å². The molecule has 0 radical (unpaired) electrons. The first-order valence-corrected chi connectivity index (χ1v) is 5.23. The summed E-state index contributed by atoms with van der Waals surface area (Å²) in [5.74, 6) is 0.598. The van der Waals surface area contributed by atoms with Gasteiger partial charge in [0.25, 0.3) is 0 Å². The lowest BCUT2D eigenvalue weighted by atomic mass is 10.1. The quantitative estimate of drug-likeness (QED) is 0.561. The third-order valence-corrected chi connectivity index (χ3v) is 1.77. The molecule has 0 spiro atoms. The molecular formula is C13H21F. The van der Waals surface area contributed by atoms with Gasteiger partial charge in [0.15, 0.2) is 0 Å².